The van der Waals surface area contributed by atoms with Gasteiger partial charge in [0.2, 0.25) is 0 Å². The van der Waals surface area contributed by atoms with E-state index in [1.54, 1.807) is 0 Å². The first-order valence-corrected chi connectivity index (χ1v) is 7.06. The molecule has 3 nitrogen and oxygen atoms in total. The van der Waals surface area contributed by atoms with Gasteiger partial charge in [-0.1, -0.05) is 36.4 Å². The van der Waals surface area contributed by atoms with Crippen molar-refractivity contribution >= 4 is 16.9 Å². The molecule has 1 aromatic heterocycles. The van der Waals surface area contributed by atoms with E-state index in [0.717, 1.165) is 22.3 Å². The van der Waals surface area contributed by atoms with Crippen molar-refractivity contribution in [3.63, 3.8) is 0 Å². The normalized spacial score (nSPS) is 10.8. The summed E-state index contributed by atoms with van der Waals surface area (Å²) in [7, 11) is 0. The third-order valence-corrected chi connectivity index (χ3v) is 3.61. The van der Waals surface area contributed by atoms with E-state index in [0.29, 0.717) is 12.2 Å². The van der Waals surface area contributed by atoms with Crippen LogP contribution in [0.1, 0.15) is 23.0 Å². The van der Waals surface area contributed by atoms with E-state index in [1.165, 1.54) is 0 Å². The van der Waals surface area contributed by atoms with Crippen LogP contribution < -0.4 is 0 Å². The molecule has 106 valence electrons. The molecule has 0 aliphatic rings. The summed E-state index contributed by atoms with van der Waals surface area (Å²) >= 11 is 0. The Labute approximate surface area is 123 Å². The van der Waals surface area contributed by atoms with Gasteiger partial charge in [0.05, 0.1) is 17.7 Å². The first-order chi connectivity index (χ1) is 10.2. The van der Waals surface area contributed by atoms with E-state index in [2.05, 4.69) is 4.57 Å². The van der Waals surface area contributed by atoms with Crippen LogP contribution in [0.4, 0.5) is 0 Å². The third-order valence-electron chi connectivity index (χ3n) is 3.61. The standard InChI is InChI=1S/C18H17NO2/c1-3-21-18(20)17-13(2)19(14-9-5-4-6-10-14)16-12-8-7-11-15(16)17/h4-12H,3H2,1-2H3. The number of hydrogen-bond donors (Lipinski definition) is 0. The number of hydrogen-bond acceptors (Lipinski definition) is 2. The molecule has 2 aromatic carbocycles. The minimum atomic E-state index is -0.263. The Kier molecular flexibility index (Phi) is 3.48. The van der Waals surface area contributed by atoms with E-state index in [1.807, 2.05) is 68.4 Å². The monoisotopic (exact) mass is 279 g/mol. The van der Waals surface area contributed by atoms with Gasteiger partial charge in [-0.2, -0.15) is 0 Å². The molecule has 0 amide bonds. The molecule has 3 heteroatoms. The lowest BCUT2D eigenvalue weighted by molar-refractivity contribution is 0.0527. The Bertz CT molecular complexity index is 788. The van der Waals surface area contributed by atoms with Crippen LogP contribution in [0.2, 0.25) is 0 Å². The predicted octanol–water partition coefficient (Wildman–Crippen LogP) is 4.12. The molecule has 0 bridgehead atoms. The van der Waals surface area contributed by atoms with Crippen LogP contribution in [-0.2, 0) is 4.74 Å². The minimum Gasteiger partial charge on any atom is -0.462 e. The van der Waals surface area contributed by atoms with E-state index in [-0.39, 0.29) is 5.97 Å². The summed E-state index contributed by atoms with van der Waals surface area (Å²) in [5, 5.41) is 0.928. The van der Waals surface area contributed by atoms with Crippen molar-refractivity contribution in [2.75, 3.05) is 6.61 Å². The zero-order chi connectivity index (χ0) is 14.8. The number of esters is 1. The van der Waals surface area contributed by atoms with Crippen LogP contribution in [0, 0.1) is 6.92 Å². The molecule has 0 N–H and O–H groups in total. The van der Waals surface area contributed by atoms with Crippen LogP contribution in [0.5, 0.6) is 0 Å². The molecule has 1 heterocycles. The molecule has 21 heavy (non-hydrogen) atoms. The van der Waals surface area contributed by atoms with Gasteiger partial charge in [0.1, 0.15) is 0 Å². The van der Waals surface area contributed by atoms with Crippen molar-refractivity contribution < 1.29 is 9.53 Å². The van der Waals surface area contributed by atoms with Gasteiger partial charge >= 0.3 is 5.97 Å². The number of carbonyl (C=O) groups is 1. The number of carbonyl (C=O) groups excluding carboxylic acids is 1. The third kappa shape index (κ3) is 2.21. The predicted molar refractivity (Wildman–Crippen MR) is 84.0 cm³/mol. The highest BCUT2D eigenvalue weighted by Crippen LogP contribution is 2.29. The topological polar surface area (TPSA) is 31.2 Å². The highest BCUT2D eigenvalue weighted by Gasteiger charge is 2.21. The van der Waals surface area contributed by atoms with E-state index in [9.17, 15) is 4.79 Å². The van der Waals surface area contributed by atoms with Crippen molar-refractivity contribution in [2.24, 2.45) is 0 Å². The number of ether oxygens (including phenoxy) is 1. The number of rotatable bonds is 3. The molecule has 0 aliphatic carbocycles. The number of aromatic nitrogens is 1. The summed E-state index contributed by atoms with van der Waals surface area (Å²) in [5.74, 6) is -0.263. The van der Waals surface area contributed by atoms with Gasteiger partial charge < -0.3 is 9.30 Å². The molecule has 3 aromatic rings. The molecule has 0 saturated heterocycles. The fourth-order valence-electron chi connectivity index (χ4n) is 2.74. The van der Waals surface area contributed by atoms with Gasteiger partial charge in [0.15, 0.2) is 0 Å². The number of fused-ring (bicyclic) bond motifs is 1. The lowest BCUT2D eigenvalue weighted by atomic mass is 10.1. The summed E-state index contributed by atoms with van der Waals surface area (Å²) in [6.45, 7) is 4.16. The molecule has 0 atom stereocenters. The maximum atomic E-state index is 12.3. The molecule has 0 radical (unpaired) electrons. The van der Waals surface area contributed by atoms with Crippen molar-refractivity contribution in [1.29, 1.82) is 0 Å². The van der Waals surface area contributed by atoms with E-state index >= 15 is 0 Å². The highest BCUT2D eigenvalue weighted by molar-refractivity contribution is 6.06. The average molecular weight is 279 g/mol. The molecule has 0 unspecified atom stereocenters. The molecule has 0 saturated carbocycles. The first kappa shape index (κ1) is 13.4. The molecule has 0 aliphatic heterocycles. The highest BCUT2D eigenvalue weighted by atomic mass is 16.5. The Morgan fingerprint density at radius 1 is 1.05 bits per heavy atom. The number of para-hydroxylation sites is 2. The van der Waals surface area contributed by atoms with Gasteiger partial charge in [-0.25, -0.2) is 4.79 Å². The molecule has 3 rings (SSSR count). The fourth-order valence-corrected chi connectivity index (χ4v) is 2.74. The second kappa shape index (κ2) is 5.44. The van der Waals surface area contributed by atoms with Gasteiger partial charge in [-0.05, 0) is 32.0 Å². The molecular formula is C18H17NO2. The van der Waals surface area contributed by atoms with Crippen molar-refractivity contribution in [3.05, 3.63) is 65.9 Å². The Morgan fingerprint density at radius 3 is 2.43 bits per heavy atom. The number of benzene rings is 2. The maximum Gasteiger partial charge on any atom is 0.340 e. The largest absolute Gasteiger partial charge is 0.462 e. The van der Waals surface area contributed by atoms with Crippen LogP contribution in [0.3, 0.4) is 0 Å². The van der Waals surface area contributed by atoms with Crippen molar-refractivity contribution in [1.82, 2.24) is 4.57 Å². The summed E-state index contributed by atoms with van der Waals surface area (Å²) in [6, 6.07) is 18.0. The minimum absolute atomic E-state index is 0.263. The zero-order valence-corrected chi connectivity index (χ0v) is 12.2. The molecule has 0 fully saturated rings. The van der Waals surface area contributed by atoms with Gasteiger partial charge in [-0.15, -0.1) is 0 Å². The second-order valence-electron chi connectivity index (χ2n) is 4.87. The van der Waals surface area contributed by atoms with E-state index < -0.39 is 0 Å². The Morgan fingerprint density at radius 2 is 1.71 bits per heavy atom. The van der Waals surface area contributed by atoms with Gasteiger partial charge in [0.25, 0.3) is 0 Å². The first-order valence-electron chi connectivity index (χ1n) is 7.06. The van der Waals surface area contributed by atoms with Crippen molar-refractivity contribution in [3.8, 4) is 5.69 Å². The average Bonchev–Trinajstić information content (AvgIpc) is 2.80. The van der Waals surface area contributed by atoms with Crippen LogP contribution >= 0.6 is 0 Å². The Balaban J connectivity index is 2.31. The lowest BCUT2D eigenvalue weighted by Crippen LogP contribution is -2.07. The SMILES string of the molecule is CCOC(=O)c1c(C)n(-c2ccccc2)c2ccccc12. The van der Waals surface area contributed by atoms with Crippen LogP contribution in [-0.4, -0.2) is 17.1 Å². The lowest BCUT2D eigenvalue weighted by Gasteiger charge is -2.08. The summed E-state index contributed by atoms with van der Waals surface area (Å²) in [5.41, 5.74) is 3.61. The van der Waals surface area contributed by atoms with Gasteiger partial charge in [-0.3, -0.25) is 0 Å². The maximum absolute atomic E-state index is 12.3. The van der Waals surface area contributed by atoms with Crippen LogP contribution in [0.15, 0.2) is 54.6 Å². The second-order valence-corrected chi connectivity index (χ2v) is 4.87. The number of nitrogens with zero attached hydrogens (tertiary/aromatic N) is 1. The molecule has 0 spiro atoms. The summed E-state index contributed by atoms with van der Waals surface area (Å²) < 4.78 is 7.31. The summed E-state index contributed by atoms with van der Waals surface area (Å²) in [4.78, 5) is 12.3. The van der Waals surface area contributed by atoms with Gasteiger partial charge in [0, 0.05) is 16.8 Å². The fraction of sp³-hybridized carbons (Fsp3) is 0.167. The van der Waals surface area contributed by atoms with Crippen LogP contribution in [0.25, 0.3) is 16.6 Å². The molecular weight excluding hydrogens is 262 g/mol. The van der Waals surface area contributed by atoms with E-state index in [4.69, 9.17) is 4.74 Å². The summed E-state index contributed by atoms with van der Waals surface area (Å²) in [6.07, 6.45) is 0. The van der Waals surface area contributed by atoms with Crippen molar-refractivity contribution in [2.45, 2.75) is 13.8 Å². The smallest absolute Gasteiger partial charge is 0.340 e. The quantitative estimate of drug-likeness (QED) is 0.675. The zero-order valence-electron chi connectivity index (χ0n) is 12.2. The Hall–Kier alpha value is -2.55.